The molecule has 0 aromatic heterocycles. The standard InChI is InChI=1S/C13H15N3O3/c1-3-15(8-4-7-14)13(17)11-6-5-10(2)12(9-11)16(18)19/h5-6,9H,3-4,8H2,1-2H3. The molecule has 1 amide bonds. The predicted molar refractivity (Wildman–Crippen MR) is 69.6 cm³/mol. The van der Waals surface area contributed by atoms with E-state index in [-0.39, 0.29) is 23.6 Å². The maximum Gasteiger partial charge on any atom is 0.273 e. The van der Waals surface area contributed by atoms with E-state index < -0.39 is 4.92 Å². The summed E-state index contributed by atoms with van der Waals surface area (Å²) in [5.74, 6) is -0.291. The average Bonchev–Trinajstić information content (AvgIpc) is 2.39. The molecule has 19 heavy (non-hydrogen) atoms. The Morgan fingerprint density at radius 3 is 2.74 bits per heavy atom. The molecule has 1 aromatic rings. The highest BCUT2D eigenvalue weighted by Gasteiger charge is 2.18. The molecule has 0 saturated heterocycles. The number of nitrogens with zero attached hydrogens (tertiary/aromatic N) is 3. The Morgan fingerprint density at radius 1 is 1.53 bits per heavy atom. The summed E-state index contributed by atoms with van der Waals surface area (Å²) in [6, 6.07) is 6.39. The van der Waals surface area contributed by atoms with Crippen LogP contribution in [0.5, 0.6) is 0 Å². The van der Waals surface area contributed by atoms with Crippen molar-refractivity contribution in [3.05, 3.63) is 39.4 Å². The fraction of sp³-hybridized carbons (Fsp3) is 0.385. The zero-order valence-corrected chi connectivity index (χ0v) is 10.9. The van der Waals surface area contributed by atoms with Crippen molar-refractivity contribution in [2.75, 3.05) is 13.1 Å². The topological polar surface area (TPSA) is 87.2 Å². The minimum atomic E-state index is -0.502. The van der Waals surface area contributed by atoms with Crippen LogP contribution in [-0.2, 0) is 0 Å². The van der Waals surface area contributed by atoms with Crippen LogP contribution in [0, 0.1) is 28.4 Å². The van der Waals surface area contributed by atoms with Crippen molar-refractivity contribution in [3.63, 3.8) is 0 Å². The van der Waals surface area contributed by atoms with Gasteiger partial charge in [-0.1, -0.05) is 6.07 Å². The number of nitro benzene ring substituents is 1. The van der Waals surface area contributed by atoms with Crippen LogP contribution in [0.25, 0.3) is 0 Å². The van der Waals surface area contributed by atoms with Crippen LogP contribution >= 0.6 is 0 Å². The molecule has 0 aliphatic carbocycles. The van der Waals surface area contributed by atoms with Gasteiger partial charge in [0, 0.05) is 30.3 Å². The third-order valence-corrected chi connectivity index (χ3v) is 2.82. The van der Waals surface area contributed by atoms with Gasteiger partial charge in [0.05, 0.1) is 17.4 Å². The summed E-state index contributed by atoms with van der Waals surface area (Å²) in [5, 5.41) is 19.4. The zero-order chi connectivity index (χ0) is 14.4. The van der Waals surface area contributed by atoms with Gasteiger partial charge in [0.15, 0.2) is 0 Å². The van der Waals surface area contributed by atoms with Crippen molar-refractivity contribution in [1.82, 2.24) is 4.90 Å². The highest BCUT2D eigenvalue weighted by atomic mass is 16.6. The number of carbonyl (C=O) groups excluding carboxylic acids is 1. The second kappa shape index (κ2) is 6.50. The first-order valence-electron chi connectivity index (χ1n) is 5.92. The molecule has 0 bridgehead atoms. The van der Waals surface area contributed by atoms with Gasteiger partial charge in [0.25, 0.3) is 11.6 Å². The Labute approximate surface area is 111 Å². The maximum absolute atomic E-state index is 12.2. The van der Waals surface area contributed by atoms with Gasteiger partial charge >= 0.3 is 0 Å². The second-order valence-electron chi connectivity index (χ2n) is 4.05. The largest absolute Gasteiger partial charge is 0.338 e. The summed E-state index contributed by atoms with van der Waals surface area (Å²) >= 11 is 0. The molecule has 100 valence electrons. The summed E-state index contributed by atoms with van der Waals surface area (Å²) in [5.41, 5.74) is 0.723. The first-order chi connectivity index (χ1) is 9.01. The summed E-state index contributed by atoms with van der Waals surface area (Å²) in [6.07, 6.45) is 0.244. The Balaban J connectivity index is 3.02. The molecule has 0 heterocycles. The fourth-order valence-corrected chi connectivity index (χ4v) is 1.71. The third-order valence-electron chi connectivity index (χ3n) is 2.82. The van der Waals surface area contributed by atoms with Crippen molar-refractivity contribution in [2.24, 2.45) is 0 Å². The SMILES string of the molecule is CCN(CCC#N)C(=O)c1ccc(C)c([N+](=O)[O-])c1. The van der Waals surface area contributed by atoms with E-state index in [1.165, 1.54) is 11.0 Å². The average molecular weight is 261 g/mol. The zero-order valence-electron chi connectivity index (χ0n) is 10.9. The molecule has 0 fully saturated rings. The van der Waals surface area contributed by atoms with Crippen molar-refractivity contribution >= 4 is 11.6 Å². The van der Waals surface area contributed by atoms with Crippen molar-refractivity contribution in [1.29, 1.82) is 5.26 Å². The Morgan fingerprint density at radius 2 is 2.21 bits per heavy atom. The number of hydrogen-bond acceptors (Lipinski definition) is 4. The lowest BCUT2D eigenvalue weighted by molar-refractivity contribution is -0.385. The van der Waals surface area contributed by atoms with E-state index in [2.05, 4.69) is 0 Å². The molecule has 0 aliphatic heterocycles. The number of carbonyl (C=O) groups is 1. The third kappa shape index (κ3) is 3.52. The molecule has 0 radical (unpaired) electrons. The quantitative estimate of drug-likeness (QED) is 0.601. The molecule has 1 rings (SSSR count). The normalized spacial score (nSPS) is 9.74. The van der Waals surface area contributed by atoms with Gasteiger partial charge in [-0.25, -0.2) is 0 Å². The summed E-state index contributed by atoms with van der Waals surface area (Å²) < 4.78 is 0. The van der Waals surface area contributed by atoms with Crippen LogP contribution in [-0.4, -0.2) is 28.8 Å². The van der Waals surface area contributed by atoms with Gasteiger partial charge in [0.1, 0.15) is 0 Å². The summed E-state index contributed by atoms with van der Waals surface area (Å²) in [7, 11) is 0. The fourth-order valence-electron chi connectivity index (χ4n) is 1.71. The number of nitro groups is 1. The first-order valence-corrected chi connectivity index (χ1v) is 5.92. The molecule has 6 nitrogen and oxygen atoms in total. The van der Waals surface area contributed by atoms with Gasteiger partial charge < -0.3 is 4.90 Å². The number of hydrogen-bond donors (Lipinski definition) is 0. The number of benzene rings is 1. The molecule has 1 aromatic carbocycles. The van der Waals surface area contributed by atoms with Crippen molar-refractivity contribution < 1.29 is 9.72 Å². The minimum Gasteiger partial charge on any atom is -0.338 e. The molecular weight excluding hydrogens is 246 g/mol. The van der Waals surface area contributed by atoms with Gasteiger partial charge in [-0.15, -0.1) is 0 Å². The van der Waals surface area contributed by atoms with Crippen LogP contribution < -0.4 is 0 Å². The van der Waals surface area contributed by atoms with E-state index >= 15 is 0 Å². The molecule has 0 saturated carbocycles. The van der Waals surface area contributed by atoms with E-state index in [4.69, 9.17) is 5.26 Å². The first kappa shape index (κ1) is 14.6. The molecule has 0 aliphatic rings. The molecule has 0 N–H and O–H groups in total. The minimum absolute atomic E-state index is 0.0674. The molecule has 0 atom stereocenters. The molecule has 0 spiro atoms. The summed E-state index contributed by atoms with van der Waals surface area (Å²) in [4.78, 5) is 24.0. The Kier molecular flexibility index (Phi) is 5.01. The van der Waals surface area contributed by atoms with E-state index in [0.29, 0.717) is 18.7 Å². The van der Waals surface area contributed by atoms with Crippen LogP contribution in [0.4, 0.5) is 5.69 Å². The van der Waals surface area contributed by atoms with Crippen LogP contribution in [0.15, 0.2) is 18.2 Å². The Bertz CT molecular complexity index is 534. The van der Waals surface area contributed by atoms with Gasteiger partial charge in [-0.2, -0.15) is 5.26 Å². The molecular formula is C13H15N3O3. The maximum atomic E-state index is 12.2. The van der Waals surface area contributed by atoms with Crippen LogP contribution in [0.1, 0.15) is 29.3 Å². The van der Waals surface area contributed by atoms with E-state index in [1.807, 2.05) is 6.07 Å². The van der Waals surface area contributed by atoms with Crippen molar-refractivity contribution in [2.45, 2.75) is 20.3 Å². The molecule has 6 heteroatoms. The van der Waals surface area contributed by atoms with Gasteiger partial charge in [-0.3, -0.25) is 14.9 Å². The second-order valence-corrected chi connectivity index (χ2v) is 4.05. The smallest absolute Gasteiger partial charge is 0.273 e. The lowest BCUT2D eigenvalue weighted by Gasteiger charge is -2.19. The number of rotatable bonds is 5. The highest BCUT2D eigenvalue weighted by molar-refractivity contribution is 5.95. The van der Waals surface area contributed by atoms with E-state index in [9.17, 15) is 14.9 Å². The van der Waals surface area contributed by atoms with E-state index in [1.54, 1.807) is 26.0 Å². The predicted octanol–water partition coefficient (Wildman–Crippen LogP) is 2.28. The molecule has 0 unspecified atom stereocenters. The highest BCUT2D eigenvalue weighted by Crippen LogP contribution is 2.20. The monoisotopic (exact) mass is 261 g/mol. The number of amides is 1. The lowest BCUT2D eigenvalue weighted by Crippen LogP contribution is -2.31. The Hall–Kier alpha value is -2.42. The number of aryl methyl sites for hydroxylation is 1. The summed E-state index contributed by atoms with van der Waals surface area (Å²) in [6.45, 7) is 4.22. The van der Waals surface area contributed by atoms with Crippen molar-refractivity contribution in [3.8, 4) is 6.07 Å². The van der Waals surface area contributed by atoms with Crippen LogP contribution in [0.3, 0.4) is 0 Å². The van der Waals surface area contributed by atoms with Crippen LogP contribution in [0.2, 0.25) is 0 Å². The van der Waals surface area contributed by atoms with Gasteiger partial charge in [-0.05, 0) is 19.9 Å². The van der Waals surface area contributed by atoms with E-state index in [0.717, 1.165) is 0 Å². The van der Waals surface area contributed by atoms with Gasteiger partial charge in [0.2, 0.25) is 0 Å². The number of nitriles is 1. The lowest BCUT2D eigenvalue weighted by atomic mass is 10.1.